The summed E-state index contributed by atoms with van der Waals surface area (Å²) in [4.78, 5) is 30.8. The zero-order valence-corrected chi connectivity index (χ0v) is 22.4. The molecule has 39 heavy (non-hydrogen) atoms. The Labute approximate surface area is 229 Å². The molecule has 0 atom stereocenters. The highest BCUT2D eigenvalue weighted by Gasteiger charge is 2.31. The van der Waals surface area contributed by atoms with Crippen molar-refractivity contribution in [3.8, 4) is 11.3 Å². The smallest absolute Gasteiger partial charge is 0.271 e. The molecule has 0 aliphatic heterocycles. The van der Waals surface area contributed by atoms with Crippen molar-refractivity contribution < 1.29 is 18.4 Å². The maximum atomic E-state index is 14.5. The fraction of sp³-hybridized carbons (Fsp3) is 0.233. The normalized spacial score (nSPS) is 13.1. The Morgan fingerprint density at radius 2 is 1.72 bits per heavy atom. The van der Waals surface area contributed by atoms with Gasteiger partial charge in [-0.25, -0.2) is 13.8 Å². The lowest BCUT2D eigenvalue weighted by Gasteiger charge is -2.15. The maximum Gasteiger partial charge on any atom is 0.271 e. The van der Waals surface area contributed by atoms with Gasteiger partial charge in [0.05, 0.1) is 5.69 Å². The molecule has 0 saturated heterocycles. The number of halogens is 2. The number of hydrogen-bond donors (Lipinski definition) is 3. The predicted molar refractivity (Wildman–Crippen MR) is 150 cm³/mol. The van der Waals surface area contributed by atoms with Crippen LogP contribution in [-0.2, 0) is 12.5 Å². The van der Waals surface area contributed by atoms with E-state index in [9.17, 15) is 18.4 Å². The van der Waals surface area contributed by atoms with Crippen LogP contribution in [0.25, 0.3) is 11.3 Å². The first-order valence-corrected chi connectivity index (χ1v) is 13.5. The van der Waals surface area contributed by atoms with Gasteiger partial charge >= 0.3 is 0 Å². The van der Waals surface area contributed by atoms with Crippen molar-refractivity contribution in [2.45, 2.75) is 45.2 Å². The van der Waals surface area contributed by atoms with E-state index in [2.05, 4.69) is 20.9 Å². The number of anilines is 2. The summed E-state index contributed by atoms with van der Waals surface area (Å²) in [6.45, 7) is 3.00. The van der Waals surface area contributed by atoms with Crippen molar-refractivity contribution in [2.24, 2.45) is 0 Å². The minimum Gasteiger partial charge on any atom is -0.349 e. The summed E-state index contributed by atoms with van der Waals surface area (Å²) in [6.07, 6.45) is 1.97. The number of nitrogens with zero attached hydrogens (tertiary/aromatic N) is 1. The number of thiazole rings is 1. The number of aromatic nitrogens is 1. The summed E-state index contributed by atoms with van der Waals surface area (Å²) < 4.78 is 29.1. The van der Waals surface area contributed by atoms with Gasteiger partial charge in [0, 0.05) is 41.9 Å². The molecule has 1 aliphatic carbocycles. The highest BCUT2D eigenvalue weighted by molar-refractivity contribution is 7.18. The summed E-state index contributed by atoms with van der Waals surface area (Å²) in [6, 6.07) is 21.1. The molecule has 1 aromatic heterocycles. The molecule has 200 valence electrons. The van der Waals surface area contributed by atoms with Crippen LogP contribution in [0.2, 0.25) is 0 Å². The fourth-order valence-corrected chi connectivity index (χ4v) is 5.06. The van der Waals surface area contributed by atoms with Gasteiger partial charge < -0.3 is 16.0 Å². The van der Waals surface area contributed by atoms with E-state index in [0.29, 0.717) is 16.4 Å². The van der Waals surface area contributed by atoms with E-state index < -0.39 is 11.8 Å². The van der Waals surface area contributed by atoms with Crippen molar-refractivity contribution in [2.75, 3.05) is 5.32 Å². The van der Waals surface area contributed by atoms with E-state index in [4.69, 9.17) is 0 Å². The van der Waals surface area contributed by atoms with Gasteiger partial charge in [-0.05, 0) is 43.0 Å². The minimum absolute atomic E-state index is 0.152. The Morgan fingerprint density at radius 3 is 2.44 bits per heavy atom. The van der Waals surface area contributed by atoms with Crippen LogP contribution in [0.3, 0.4) is 0 Å². The Bertz CT molecular complexity index is 1510. The van der Waals surface area contributed by atoms with Crippen molar-refractivity contribution in [1.82, 2.24) is 15.6 Å². The SMILES string of the molecule is Cc1ccc(C(=O)NC2CC2)cc1Nc1nc(-c2ccccc2C(C)(F)F)c(C(=O)NCc2ccccc2)s1. The van der Waals surface area contributed by atoms with Gasteiger partial charge in [0.1, 0.15) is 4.88 Å². The third-order valence-electron chi connectivity index (χ3n) is 6.44. The number of aryl methyl sites for hydroxylation is 1. The van der Waals surface area contributed by atoms with Gasteiger partial charge in [0.15, 0.2) is 5.13 Å². The Morgan fingerprint density at radius 1 is 1.00 bits per heavy atom. The molecule has 6 nitrogen and oxygen atoms in total. The Balaban J connectivity index is 1.49. The molecule has 1 heterocycles. The number of hydrogen-bond acceptors (Lipinski definition) is 5. The van der Waals surface area contributed by atoms with E-state index in [-0.39, 0.29) is 40.2 Å². The number of amides is 2. The molecule has 0 radical (unpaired) electrons. The molecule has 9 heteroatoms. The first-order chi connectivity index (χ1) is 18.7. The van der Waals surface area contributed by atoms with E-state index in [0.717, 1.165) is 42.2 Å². The zero-order chi connectivity index (χ0) is 27.6. The number of carbonyl (C=O) groups excluding carboxylic acids is 2. The van der Waals surface area contributed by atoms with Gasteiger partial charge in [-0.3, -0.25) is 9.59 Å². The van der Waals surface area contributed by atoms with E-state index in [1.165, 1.54) is 6.07 Å². The Kier molecular flexibility index (Phi) is 7.43. The molecule has 1 fully saturated rings. The monoisotopic (exact) mass is 546 g/mol. The first kappa shape index (κ1) is 26.5. The summed E-state index contributed by atoms with van der Waals surface area (Å²) >= 11 is 1.08. The molecule has 0 unspecified atom stereocenters. The van der Waals surface area contributed by atoms with Gasteiger partial charge in [0.2, 0.25) is 0 Å². The molecule has 3 N–H and O–H groups in total. The number of rotatable bonds is 9. The number of nitrogens with one attached hydrogen (secondary N) is 3. The lowest BCUT2D eigenvalue weighted by Crippen LogP contribution is -2.25. The molecule has 0 bridgehead atoms. The van der Waals surface area contributed by atoms with E-state index in [1.54, 1.807) is 30.3 Å². The van der Waals surface area contributed by atoms with E-state index in [1.807, 2.05) is 43.3 Å². The van der Waals surface area contributed by atoms with Gasteiger partial charge in [0.25, 0.3) is 17.7 Å². The largest absolute Gasteiger partial charge is 0.349 e. The lowest BCUT2D eigenvalue weighted by atomic mass is 9.99. The summed E-state index contributed by atoms with van der Waals surface area (Å²) in [5.74, 6) is -3.70. The van der Waals surface area contributed by atoms with Crippen molar-refractivity contribution in [3.63, 3.8) is 0 Å². The van der Waals surface area contributed by atoms with Crippen molar-refractivity contribution >= 4 is 34.0 Å². The summed E-state index contributed by atoms with van der Waals surface area (Å²) in [7, 11) is 0. The number of carbonyl (C=O) groups is 2. The van der Waals surface area contributed by atoms with Crippen LogP contribution in [-0.4, -0.2) is 22.8 Å². The molecule has 3 aromatic carbocycles. The van der Waals surface area contributed by atoms with Crippen molar-refractivity contribution in [3.05, 3.63) is 99.9 Å². The lowest BCUT2D eigenvalue weighted by molar-refractivity contribution is 0.0180. The second kappa shape index (κ2) is 10.9. The molecule has 0 spiro atoms. The van der Waals surface area contributed by atoms with Crippen LogP contribution in [0.15, 0.2) is 72.8 Å². The molecular formula is C30H28F2N4O2S. The van der Waals surface area contributed by atoms with E-state index >= 15 is 0 Å². The quantitative estimate of drug-likeness (QED) is 0.216. The average Bonchev–Trinajstić information content (AvgIpc) is 3.64. The van der Waals surface area contributed by atoms with Crippen molar-refractivity contribution in [1.29, 1.82) is 0 Å². The van der Waals surface area contributed by atoms with Gasteiger partial charge in [-0.1, -0.05) is 72.0 Å². The standard InChI is InChI=1S/C30H28F2N4O2S/c1-18-12-13-20(27(37)34-21-14-15-21)16-24(18)35-29-36-25(22-10-6-7-11-23(22)30(2,31)32)26(39-29)28(38)33-17-19-8-4-3-5-9-19/h3-13,16,21H,14-15,17H2,1-2H3,(H,33,38)(H,34,37)(H,35,36). The van der Waals surface area contributed by atoms with Crippen LogP contribution in [0.4, 0.5) is 19.6 Å². The third-order valence-corrected chi connectivity index (χ3v) is 7.41. The van der Waals surface area contributed by atoms with Gasteiger partial charge in [-0.15, -0.1) is 0 Å². The van der Waals surface area contributed by atoms with Crippen LogP contribution >= 0.6 is 11.3 Å². The summed E-state index contributed by atoms with van der Waals surface area (Å²) in [5, 5.41) is 9.43. The summed E-state index contributed by atoms with van der Waals surface area (Å²) in [5.41, 5.74) is 3.07. The van der Waals surface area contributed by atoms with Crippen LogP contribution in [0.1, 0.15) is 56.5 Å². The molecule has 4 aromatic rings. The highest BCUT2D eigenvalue weighted by Crippen LogP contribution is 2.40. The number of benzene rings is 3. The second-order valence-corrected chi connectivity index (χ2v) is 10.7. The minimum atomic E-state index is -3.13. The number of alkyl halides is 2. The third kappa shape index (κ3) is 6.31. The second-order valence-electron chi connectivity index (χ2n) is 9.70. The average molecular weight is 547 g/mol. The first-order valence-electron chi connectivity index (χ1n) is 12.7. The maximum absolute atomic E-state index is 14.5. The molecule has 2 amide bonds. The predicted octanol–water partition coefficient (Wildman–Crippen LogP) is 6.80. The van der Waals surface area contributed by atoms with Crippen LogP contribution in [0, 0.1) is 6.92 Å². The topological polar surface area (TPSA) is 83.1 Å². The fourth-order valence-electron chi connectivity index (χ4n) is 4.15. The van der Waals surface area contributed by atoms with Gasteiger partial charge in [-0.2, -0.15) is 0 Å². The molecule has 5 rings (SSSR count). The zero-order valence-electron chi connectivity index (χ0n) is 21.6. The highest BCUT2D eigenvalue weighted by atomic mass is 32.1. The van der Waals surface area contributed by atoms with Crippen LogP contribution in [0.5, 0.6) is 0 Å². The molecule has 1 saturated carbocycles. The Hall–Kier alpha value is -4.11. The molecular weight excluding hydrogens is 518 g/mol. The van der Waals surface area contributed by atoms with Crippen LogP contribution < -0.4 is 16.0 Å². The molecule has 1 aliphatic rings.